The van der Waals surface area contributed by atoms with E-state index in [2.05, 4.69) is 117 Å². The number of nitrogens with one attached hydrogen (secondary N) is 1. The zero-order chi connectivity index (χ0) is 29.6. The lowest BCUT2D eigenvalue weighted by atomic mass is 9.76. The van der Waals surface area contributed by atoms with Gasteiger partial charge in [-0.25, -0.2) is 0 Å². The third-order valence-electron chi connectivity index (χ3n) is 9.22. The van der Waals surface area contributed by atoms with Gasteiger partial charge in [-0.15, -0.1) is 0 Å². The Labute approximate surface area is 252 Å². The molecule has 0 aromatic heterocycles. The van der Waals surface area contributed by atoms with E-state index >= 15 is 0 Å². The van der Waals surface area contributed by atoms with Crippen LogP contribution in [0.1, 0.15) is 69.1 Å². The first-order chi connectivity index (χ1) is 20.4. The van der Waals surface area contributed by atoms with Crippen LogP contribution in [0.4, 0.5) is 11.4 Å². The van der Waals surface area contributed by atoms with Crippen LogP contribution in [0.2, 0.25) is 0 Å². The van der Waals surface area contributed by atoms with Crippen LogP contribution in [0.3, 0.4) is 0 Å². The normalized spacial score (nSPS) is 16.6. The summed E-state index contributed by atoms with van der Waals surface area (Å²) in [5.74, 6) is 0.602. The third-order valence-corrected chi connectivity index (χ3v) is 9.22. The monoisotopic (exact) mass is 562 g/mol. The van der Waals surface area contributed by atoms with E-state index in [1.54, 1.807) is 0 Å². The Hall–Kier alpha value is -3.79. The van der Waals surface area contributed by atoms with Crippen molar-refractivity contribution < 1.29 is 9.53 Å². The highest BCUT2D eigenvalue weighted by Gasteiger charge is 2.35. The minimum absolute atomic E-state index is 0.0888. The number of rotatable bonds is 9. The SMILES string of the molecule is COC(=O)C(C1=C(C)CCC=C1)C1CCN(c2ccc(NCc3cccc(C)c3-c3ccc(C(C)C)cc3)cc2)CC1. The van der Waals surface area contributed by atoms with Crippen molar-refractivity contribution in [1.29, 1.82) is 0 Å². The number of hydrogen-bond donors (Lipinski definition) is 1. The molecule has 1 unspecified atom stereocenters. The minimum atomic E-state index is -0.153. The number of benzene rings is 3. The molecule has 5 rings (SSSR count). The fourth-order valence-corrected chi connectivity index (χ4v) is 6.67. The second-order valence-electron chi connectivity index (χ2n) is 12.3. The molecular formula is C38H46N2O2. The minimum Gasteiger partial charge on any atom is -0.469 e. The molecule has 0 spiro atoms. The Morgan fingerprint density at radius 2 is 1.69 bits per heavy atom. The fraction of sp³-hybridized carbons (Fsp3) is 0.395. The lowest BCUT2D eigenvalue weighted by molar-refractivity contribution is -0.146. The average Bonchev–Trinajstić information content (AvgIpc) is 3.01. The number of esters is 1. The van der Waals surface area contributed by atoms with Crippen LogP contribution in [0.5, 0.6) is 0 Å². The van der Waals surface area contributed by atoms with Crippen LogP contribution in [-0.2, 0) is 16.1 Å². The van der Waals surface area contributed by atoms with E-state index in [4.69, 9.17) is 4.74 Å². The summed E-state index contributed by atoms with van der Waals surface area (Å²) < 4.78 is 5.27. The van der Waals surface area contributed by atoms with Crippen LogP contribution in [0.25, 0.3) is 11.1 Å². The number of hydrogen-bond acceptors (Lipinski definition) is 4. The molecule has 0 saturated carbocycles. The molecule has 0 radical (unpaired) electrons. The Balaban J connectivity index is 1.22. The standard InChI is InChI=1S/C38H46N2O2/c1-26(2)29-13-15-30(16-14-29)36-28(4)10-8-11-32(36)25-39-33-17-19-34(20-18-33)40-23-21-31(22-24-40)37(38(41)42-5)35-12-7-6-9-27(35)3/h7-8,10-20,26,31,37,39H,6,9,21-25H2,1-5H3. The molecule has 4 nitrogen and oxygen atoms in total. The Bertz CT molecular complexity index is 1420. The van der Waals surface area contributed by atoms with Gasteiger partial charge >= 0.3 is 5.97 Å². The van der Waals surface area contributed by atoms with E-state index in [9.17, 15) is 4.79 Å². The van der Waals surface area contributed by atoms with Gasteiger partial charge < -0.3 is 15.0 Å². The van der Waals surface area contributed by atoms with Crippen LogP contribution >= 0.6 is 0 Å². The molecule has 2 aliphatic rings. The highest BCUT2D eigenvalue weighted by atomic mass is 16.5. The van der Waals surface area contributed by atoms with Crippen LogP contribution in [0, 0.1) is 18.8 Å². The van der Waals surface area contributed by atoms with Gasteiger partial charge in [-0.2, -0.15) is 0 Å². The van der Waals surface area contributed by atoms with Gasteiger partial charge in [-0.05, 0) is 109 Å². The fourth-order valence-electron chi connectivity index (χ4n) is 6.67. The summed E-state index contributed by atoms with van der Waals surface area (Å²) in [6.07, 6.45) is 8.44. The van der Waals surface area contributed by atoms with Crippen molar-refractivity contribution in [2.75, 3.05) is 30.4 Å². The van der Waals surface area contributed by atoms with Crippen molar-refractivity contribution in [1.82, 2.24) is 0 Å². The molecule has 0 bridgehead atoms. The van der Waals surface area contributed by atoms with Crippen molar-refractivity contribution >= 4 is 17.3 Å². The van der Waals surface area contributed by atoms with Crippen molar-refractivity contribution in [3.8, 4) is 11.1 Å². The summed E-state index contributed by atoms with van der Waals surface area (Å²) in [7, 11) is 1.52. The molecule has 4 heteroatoms. The number of nitrogens with zero attached hydrogens (tertiary/aromatic N) is 1. The Morgan fingerprint density at radius 1 is 0.976 bits per heavy atom. The Morgan fingerprint density at radius 3 is 2.33 bits per heavy atom. The molecule has 1 saturated heterocycles. The number of piperidine rings is 1. The van der Waals surface area contributed by atoms with Crippen molar-refractivity contribution in [2.45, 2.75) is 65.8 Å². The first kappa shape index (κ1) is 29.7. The molecule has 0 amide bonds. The summed E-state index contributed by atoms with van der Waals surface area (Å²) in [5, 5.41) is 3.66. The van der Waals surface area contributed by atoms with Gasteiger partial charge in [0.2, 0.25) is 0 Å². The molecule has 1 aliphatic carbocycles. The van der Waals surface area contributed by atoms with Crippen LogP contribution in [0.15, 0.2) is 90.0 Å². The second-order valence-corrected chi connectivity index (χ2v) is 12.3. The number of carbonyl (C=O) groups is 1. The zero-order valence-electron chi connectivity index (χ0n) is 26.0. The van der Waals surface area contributed by atoms with Crippen molar-refractivity contribution in [3.05, 3.63) is 107 Å². The number of methoxy groups -OCH3 is 1. The third kappa shape index (κ3) is 6.64. The molecule has 1 fully saturated rings. The number of anilines is 2. The lowest BCUT2D eigenvalue weighted by Crippen LogP contribution is -2.39. The summed E-state index contributed by atoms with van der Waals surface area (Å²) in [6, 6.07) is 24.4. The molecule has 1 aliphatic heterocycles. The van der Waals surface area contributed by atoms with Gasteiger partial charge in [0.1, 0.15) is 0 Å². The second kappa shape index (κ2) is 13.5. The highest BCUT2D eigenvalue weighted by Crippen LogP contribution is 2.37. The van der Waals surface area contributed by atoms with E-state index in [-0.39, 0.29) is 11.9 Å². The predicted octanol–water partition coefficient (Wildman–Crippen LogP) is 9.07. The summed E-state index contributed by atoms with van der Waals surface area (Å²) >= 11 is 0. The first-order valence-corrected chi connectivity index (χ1v) is 15.6. The van der Waals surface area contributed by atoms with E-state index < -0.39 is 0 Å². The predicted molar refractivity (Wildman–Crippen MR) is 176 cm³/mol. The zero-order valence-corrected chi connectivity index (χ0v) is 26.0. The van der Waals surface area contributed by atoms with Gasteiger partial charge in [0.15, 0.2) is 0 Å². The number of carbonyl (C=O) groups excluding carboxylic acids is 1. The molecule has 1 heterocycles. The maximum absolute atomic E-state index is 12.9. The molecule has 1 N–H and O–H groups in total. The van der Waals surface area contributed by atoms with Crippen LogP contribution in [-0.4, -0.2) is 26.2 Å². The largest absolute Gasteiger partial charge is 0.469 e. The van der Waals surface area contributed by atoms with E-state index in [0.29, 0.717) is 11.8 Å². The van der Waals surface area contributed by atoms with Gasteiger partial charge in [0.25, 0.3) is 0 Å². The van der Waals surface area contributed by atoms with Gasteiger partial charge in [0.05, 0.1) is 13.0 Å². The molecule has 42 heavy (non-hydrogen) atoms. The number of aryl methyl sites for hydroxylation is 1. The first-order valence-electron chi connectivity index (χ1n) is 15.6. The number of allylic oxidation sites excluding steroid dienone is 3. The smallest absolute Gasteiger partial charge is 0.313 e. The lowest BCUT2D eigenvalue weighted by Gasteiger charge is -2.37. The summed E-state index contributed by atoms with van der Waals surface area (Å²) in [4.78, 5) is 15.3. The summed E-state index contributed by atoms with van der Waals surface area (Å²) in [6.45, 7) is 11.5. The number of ether oxygens (including phenoxy) is 1. The van der Waals surface area contributed by atoms with Gasteiger partial charge in [-0.1, -0.05) is 74.0 Å². The van der Waals surface area contributed by atoms with Gasteiger partial charge in [0, 0.05) is 31.0 Å². The van der Waals surface area contributed by atoms with E-state index in [1.165, 1.54) is 51.8 Å². The molecule has 3 aromatic carbocycles. The molecule has 220 valence electrons. The van der Waals surface area contributed by atoms with Crippen LogP contribution < -0.4 is 10.2 Å². The molecule has 3 aromatic rings. The maximum atomic E-state index is 12.9. The molecular weight excluding hydrogens is 516 g/mol. The average molecular weight is 563 g/mol. The maximum Gasteiger partial charge on any atom is 0.313 e. The van der Waals surface area contributed by atoms with Crippen molar-refractivity contribution in [2.24, 2.45) is 11.8 Å². The topological polar surface area (TPSA) is 41.6 Å². The summed E-state index contributed by atoms with van der Waals surface area (Å²) in [5.41, 5.74) is 11.4. The van der Waals surface area contributed by atoms with E-state index in [1.807, 2.05) is 0 Å². The molecule has 1 atom stereocenters. The highest BCUT2D eigenvalue weighted by molar-refractivity contribution is 5.77. The van der Waals surface area contributed by atoms with E-state index in [0.717, 1.165) is 51.0 Å². The van der Waals surface area contributed by atoms with Crippen molar-refractivity contribution in [3.63, 3.8) is 0 Å². The quantitative estimate of drug-likeness (QED) is 0.264. The van der Waals surface area contributed by atoms with Gasteiger partial charge in [-0.3, -0.25) is 4.79 Å². The Kier molecular flexibility index (Phi) is 9.51.